The predicted octanol–water partition coefficient (Wildman–Crippen LogP) is 0.667. The molecule has 0 bridgehead atoms. The Balaban J connectivity index is 2.64. The molecule has 0 fully saturated rings. The number of Topliss-reactive ketones (excluding diaryl/α,β-unsaturated/α-hetero) is 1. The lowest BCUT2D eigenvalue weighted by atomic mass is 10.0. The highest BCUT2D eigenvalue weighted by Gasteiger charge is 2.48. The van der Waals surface area contributed by atoms with Crippen LogP contribution in [0.25, 0.3) is 0 Å². The average Bonchev–Trinajstić information content (AvgIpc) is 2.30. The Kier molecular flexibility index (Phi) is 1.55. The normalized spacial score (nSPS) is 24.5. The summed E-state index contributed by atoms with van der Waals surface area (Å²) in [4.78, 5) is 11.4. The second kappa shape index (κ2) is 2.40. The van der Waals surface area contributed by atoms with Gasteiger partial charge in [-0.05, 0) is 5.56 Å². The summed E-state index contributed by atoms with van der Waals surface area (Å²) in [5, 5.41) is 18.9. The van der Waals surface area contributed by atoms with Crippen LogP contribution in [-0.2, 0) is 0 Å². The van der Waals surface area contributed by atoms with E-state index in [1.807, 2.05) is 0 Å². The van der Waals surface area contributed by atoms with Crippen LogP contribution in [0.3, 0.4) is 0 Å². The summed E-state index contributed by atoms with van der Waals surface area (Å²) < 4.78 is 0. The van der Waals surface area contributed by atoms with Crippen LogP contribution >= 0.6 is 0 Å². The van der Waals surface area contributed by atoms with Crippen molar-refractivity contribution in [2.75, 3.05) is 0 Å². The molecule has 0 aromatic heterocycles. The summed E-state index contributed by atoms with van der Waals surface area (Å²) in [5.41, 5.74) is 1.12. The van der Waals surface area contributed by atoms with Crippen LogP contribution < -0.4 is 0 Å². The highest BCUT2D eigenvalue weighted by Crippen LogP contribution is 2.38. The fourth-order valence-electron chi connectivity index (χ4n) is 1.69. The molecule has 13 heavy (non-hydrogen) atoms. The molecule has 0 radical (unpaired) electrons. The van der Waals surface area contributed by atoms with E-state index >= 15 is 0 Å². The molecule has 1 aliphatic rings. The van der Waals surface area contributed by atoms with Crippen molar-refractivity contribution in [1.29, 1.82) is 0 Å². The number of fused-ring (bicyclic) bond motifs is 1. The maximum absolute atomic E-state index is 11.4. The molecule has 0 spiro atoms. The van der Waals surface area contributed by atoms with Gasteiger partial charge in [-0.2, -0.15) is 0 Å². The molecule has 3 nitrogen and oxygen atoms in total. The van der Waals surface area contributed by atoms with Gasteiger partial charge >= 0.3 is 0 Å². The molecule has 0 saturated heterocycles. The highest BCUT2D eigenvalue weighted by atomic mass is 16.5. The number of rotatable bonds is 0. The van der Waals surface area contributed by atoms with Crippen LogP contribution in [-0.4, -0.2) is 21.8 Å². The monoisotopic (exact) mass is 178 g/mol. The Morgan fingerprint density at radius 1 is 1.31 bits per heavy atom. The lowest BCUT2D eigenvalue weighted by Crippen LogP contribution is -2.37. The number of hydrogen-bond acceptors (Lipinski definition) is 3. The smallest absolute Gasteiger partial charge is 0.235 e. The van der Waals surface area contributed by atoms with E-state index in [0.29, 0.717) is 11.1 Å². The van der Waals surface area contributed by atoms with E-state index in [2.05, 4.69) is 0 Å². The summed E-state index contributed by atoms with van der Waals surface area (Å²) in [6, 6.07) is 6.85. The van der Waals surface area contributed by atoms with Crippen LogP contribution in [0.15, 0.2) is 24.3 Å². The molecule has 1 aromatic carbocycles. The molecule has 1 unspecified atom stereocenters. The largest absolute Gasteiger partial charge is 0.359 e. The highest BCUT2D eigenvalue weighted by molar-refractivity contribution is 6.06. The van der Waals surface area contributed by atoms with E-state index in [9.17, 15) is 15.0 Å². The Hall–Kier alpha value is -1.19. The van der Waals surface area contributed by atoms with Gasteiger partial charge in [0.05, 0.1) is 0 Å². The third kappa shape index (κ3) is 0.944. The Morgan fingerprint density at radius 2 is 1.92 bits per heavy atom. The molecule has 0 amide bonds. The van der Waals surface area contributed by atoms with Gasteiger partial charge in [-0.15, -0.1) is 0 Å². The van der Waals surface area contributed by atoms with Gasteiger partial charge in [0, 0.05) is 11.5 Å². The standard InChI is InChI=1S/C10H10O3/c1-6-7-4-2-3-5-8(7)9(11)10(6,12)13/h2-6,12-13H,1H3. The first-order valence-corrected chi connectivity index (χ1v) is 4.13. The van der Waals surface area contributed by atoms with E-state index in [0.717, 1.165) is 0 Å². The topological polar surface area (TPSA) is 57.5 Å². The third-order valence-electron chi connectivity index (χ3n) is 2.61. The predicted molar refractivity (Wildman–Crippen MR) is 46.4 cm³/mol. The molecule has 68 valence electrons. The maximum Gasteiger partial charge on any atom is 0.235 e. The molecular weight excluding hydrogens is 168 g/mol. The van der Waals surface area contributed by atoms with Crippen LogP contribution in [0, 0.1) is 0 Å². The fourth-order valence-corrected chi connectivity index (χ4v) is 1.69. The molecule has 0 aliphatic heterocycles. The summed E-state index contributed by atoms with van der Waals surface area (Å²) >= 11 is 0. The average molecular weight is 178 g/mol. The third-order valence-corrected chi connectivity index (χ3v) is 2.61. The number of hydrogen-bond donors (Lipinski definition) is 2. The van der Waals surface area contributed by atoms with E-state index < -0.39 is 17.5 Å². The zero-order valence-electron chi connectivity index (χ0n) is 7.19. The number of carbonyl (C=O) groups excluding carboxylic acids is 1. The van der Waals surface area contributed by atoms with Crippen LogP contribution in [0.4, 0.5) is 0 Å². The van der Waals surface area contributed by atoms with Gasteiger partial charge in [0.15, 0.2) is 0 Å². The zero-order valence-corrected chi connectivity index (χ0v) is 7.19. The van der Waals surface area contributed by atoms with Crippen molar-refractivity contribution in [3.8, 4) is 0 Å². The minimum atomic E-state index is -2.22. The van der Waals surface area contributed by atoms with Gasteiger partial charge in [0.2, 0.25) is 11.6 Å². The van der Waals surface area contributed by atoms with E-state index in [1.165, 1.54) is 0 Å². The van der Waals surface area contributed by atoms with Gasteiger partial charge in [-0.25, -0.2) is 0 Å². The molecule has 3 heteroatoms. The lowest BCUT2D eigenvalue weighted by Gasteiger charge is -2.18. The van der Waals surface area contributed by atoms with Crippen LogP contribution in [0.1, 0.15) is 28.8 Å². The first-order valence-electron chi connectivity index (χ1n) is 4.13. The van der Waals surface area contributed by atoms with Crippen LogP contribution in [0.2, 0.25) is 0 Å². The second-order valence-electron chi connectivity index (χ2n) is 3.36. The van der Waals surface area contributed by atoms with Gasteiger partial charge in [0.1, 0.15) is 0 Å². The minimum absolute atomic E-state index is 0.417. The summed E-state index contributed by atoms with van der Waals surface area (Å²) in [5.74, 6) is -3.37. The SMILES string of the molecule is CC1c2ccccc2C(=O)C1(O)O. The van der Waals surface area contributed by atoms with Gasteiger partial charge < -0.3 is 10.2 Å². The van der Waals surface area contributed by atoms with Crippen LogP contribution in [0.5, 0.6) is 0 Å². The second-order valence-corrected chi connectivity index (χ2v) is 3.36. The molecule has 2 N–H and O–H groups in total. The Bertz CT molecular complexity index is 368. The summed E-state index contributed by atoms with van der Waals surface area (Å²) in [6.45, 7) is 1.63. The van der Waals surface area contributed by atoms with Gasteiger partial charge in [-0.1, -0.05) is 31.2 Å². The molecule has 1 aromatic rings. The van der Waals surface area contributed by atoms with Crippen molar-refractivity contribution < 1.29 is 15.0 Å². The van der Waals surface area contributed by atoms with Crippen molar-refractivity contribution in [3.63, 3.8) is 0 Å². The Labute approximate surface area is 75.6 Å². The maximum atomic E-state index is 11.4. The van der Waals surface area contributed by atoms with Crippen molar-refractivity contribution in [1.82, 2.24) is 0 Å². The zero-order chi connectivity index (χ0) is 9.64. The molecule has 0 heterocycles. The van der Waals surface area contributed by atoms with Crippen molar-refractivity contribution in [3.05, 3.63) is 35.4 Å². The van der Waals surface area contributed by atoms with E-state index in [1.54, 1.807) is 31.2 Å². The summed E-state index contributed by atoms with van der Waals surface area (Å²) in [7, 11) is 0. The fraction of sp³-hybridized carbons (Fsp3) is 0.300. The minimum Gasteiger partial charge on any atom is -0.359 e. The van der Waals surface area contributed by atoms with E-state index in [-0.39, 0.29) is 0 Å². The molecule has 0 saturated carbocycles. The van der Waals surface area contributed by atoms with E-state index in [4.69, 9.17) is 0 Å². The van der Waals surface area contributed by atoms with Crippen molar-refractivity contribution in [2.24, 2.45) is 0 Å². The molecule has 1 aliphatic carbocycles. The quantitative estimate of drug-likeness (QED) is 0.574. The van der Waals surface area contributed by atoms with Gasteiger partial charge in [0.25, 0.3) is 0 Å². The van der Waals surface area contributed by atoms with Gasteiger partial charge in [-0.3, -0.25) is 4.79 Å². The Morgan fingerprint density at radius 3 is 2.54 bits per heavy atom. The molecule has 1 atom stereocenters. The number of ketones is 1. The summed E-state index contributed by atoms with van der Waals surface area (Å²) in [6.07, 6.45) is 0. The number of aliphatic hydroxyl groups is 2. The number of benzene rings is 1. The first kappa shape index (κ1) is 8.41. The molecular formula is C10H10O3. The number of carbonyl (C=O) groups is 1. The van der Waals surface area contributed by atoms with Crippen molar-refractivity contribution in [2.45, 2.75) is 18.6 Å². The molecule has 2 rings (SSSR count). The lowest BCUT2D eigenvalue weighted by molar-refractivity contribution is -0.130. The van der Waals surface area contributed by atoms with Crippen molar-refractivity contribution >= 4 is 5.78 Å². The first-order chi connectivity index (χ1) is 6.05.